The van der Waals surface area contributed by atoms with Crippen LogP contribution in [0.25, 0.3) is 0 Å². The smallest absolute Gasteiger partial charge is 0.311 e. The van der Waals surface area contributed by atoms with Gasteiger partial charge in [0.15, 0.2) is 0 Å². The van der Waals surface area contributed by atoms with Crippen LogP contribution in [0.3, 0.4) is 0 Å². The first kappa shape index (κ1) is 10.5. The second kappa shape index (κ2) is 4.09. The molecule has 1 N–H and O–H groups in total. The highest BCUT2D eigenvalue weighted by Crippen LogP contribution is 2.34. The maximum atomic E-state index is 11.4. The van der Waals surface area contributed by atoms with Crippen molar-refractivity contribution in [2.75, 3.05) is 6.61 Å². The van der Waals surface area contributed by atoms with Gasteiger partial charge in [-0.25, -0.2) is 0 Å². The minimum absolute atomic E-state index is 0.243. The van der Waals surface area contributed by atoms with Gasteiger partial charge >= 0.3 is 5.97 Å². The highest BCUT2D eigenvalue weighted by Gasteiger charge is 2.40. The molecule has 1 aliphatic carbocycles. The minimum Gasteiger partial charge on any atom is -0.466 e. The molecular weight excluding hydrogens is 168 g/mol. The Kier molecular flexibility index (Phi) is 3.31. The lowest BCUT2D eigenvalue weighted by atomic mass is 9.77. The van der Waals surface area contributed by atoms with E-state index < -0.39 is 5.60 Å². The van der Waals surface area contributed by atoms with Crippen molar-refractivity contribution < 1.29 is 14.6 Å². The molecule has 0 heterocycles. The second-order valence-electron chi connectivity index (χ2n) is 3.91. The van der Waals surface area contributed by atoms with Gasteiger partial charge < -0.3 is 9.84 Å². The summed E-state index contributed by atoms with van der Waals surface area (Å²) >= 11 is 0. The van der Waals surface area contributed by atoms with Crippen LogP contribution in [-0.4, -0.2) is 23.3 Å². The highest BCUT2D eigenvalue weighted by molar-refractivity contribution is 5.73. The molecule has 0 radical (unpaired) electrons. The third-order valence-corrected chi connectivity index (χ3v) is 2.75. The lowest BCUT2D eigenvalue weighted by molar-refractivity contribution is -0.160. The zero-order valence-corrected chi connectivity index (χ0v) is 8.38. The molecular formula is C10H18O3. The van der Waals surface area contributed by atoms with Gasteiger partial charge in [0.05, 0.1) is 18.1 Å². The zero-order valence-electron chi connectivity index (χ0n) is 8.38. The first-order valence-electron chi connectivity index (χ1n) is 4.97. The van der Waals surface area contributed by atoms with Crippen LogP contribution in [0.4, 0.5) is 0 Å². The Morgan fingerprint density at radius 3 is 2.85 bits per heavy atom. The fourth-order valence-corrected chi connectivity index (χ4v) is 1.93. The van der Waals surface area contributed by atoms with Gasteiger partial charge in [-0.05, 0) is 26.7 Å². The summed E-state index contributed by atoms with van der Waals surface area (Å²) in [5.41, 5.74) is -0.857. The summed E-state index contributed by atoms with van der Waals surface area (Å²) in [6, 6.07) is 0. The van der Waals surface area contributed by atoms with E-state index in [0.29, 0.717) is 13.0 Å². The van der Waals surface area contributed by atoms with Crippen molar-refractivity contribution in [2.24, 2.45) is 5.92 Å². The lowest BCUT2D eigenvalue weighted by Crippen LogP contribution is -2.42. The molecule has 0 spiro atoms. The molecule has 0 aromatic heterocycles. The standard InChI is InChI=1S/C10H18O3/c1-3-13-9(11)8-6-4-5-7-10(8,2)12/h8,12H,3-7H2,1-2H3/t8-,10+/m1/s1. The van der Waals surface area contributed by atoms with Gasteiger partial charge in [-0.15, -0.1) is 0 Å². The first-order valence-corrected chi connectivity index (χ1v) is 4.97. The fraction of sp³-hybridized carbons (Fsp3) is 0.900. The number of rotatable bonds is 2. The molecule has 0 amide bonds. The molecule has 1 saturated carbocycles. The van der Waals surface area contributed by atoms with Crippen LogP contribution >= 0.6 is 0 Å². The van der Waals surface area contributed by atoms with Gasteiger partial charge in [0, 0.05) is 0 Å². The maximum absolute atomic E-state index is 11.4. The van der Waals surface area contributed by atoms with Crippen LogP contribution in [0.2, 0.25) is 0 Å². The largest absolute Gasteiger partial charge is 0.466 e. The predicted molar refractivity (Wildman–Crippen MR) is 49.2 cm³/mol. The molecule has 2 atom stereocenters. The van der Waals surface area contributed by atoms with Crippen LogP contribution in [0.1, 0.15) is 39.5 Å². The average molecular weight is 186 g/mol. The molecule has 0 aromatic carbocycles. The topological polar surface area (TPSA) is 46.5 Å². The Labute approximate surface area is 79.1 Å². The Hall–Kier alpha value is -0.570. The van der Waals surface area contributed by atoms with Gasteiger partial charge in [0.25, 0.3) is 0 Å². The molecule has 1 aliphatic rings. The van der Waals surface area contributed by atoms with E-state index >= 15 is 0 Å². The van der Waals surface area contributed by atoms with E-state index in [-0.39, 0.29) is 11.9 Å². The molecule has 13 heavy (non-hydrogen) atoms. The van der Waals surface area contributed by atoms with Crippen LogP contribution in [0.15, 0.2) is 0 Å². The van der Waals surface area contributed by atoms with Crippen molar-refractivity contribution in [3.05, 3.63) is 0 Å². The van der Waals surface area contributed by atoms with Crippen LogP contribution in [0, 0.1) is 5.92 Å². The molecule has 76 valence electrons. The van der Waals surface area contributed by atoms with E-state index in [4.69, 9.17) is 4.74 Å². The third kappa shape index (κ3) is 2.44. The summed E-state index contributed by atoms with van der Waals surface area (Å²) in [7, 11) is 0. The van der Waals surface area contributed by atoms with Gasteiger partial charge in [-0.1, -0.05) is 12.8 Å². The molecule has 0 aliphatic heterocycles. The van der Waals surface area contributed by atoms with Gasteiger partial charge in [0.2, 0.25) is 0 Å². The number of aliphatic hydroxyl groups is 1. The average Bonchev–Trinajstić information content (AvgIpc) is 2.03. The highest BCUT2D eigenvalue weighted by atomic mass is 16.5. The van der Waals surface area contributed by atoms with Gasteiger partial charge in [-0.2, -0.15) is 0 Å². The molecule has 0 saturated heterocycles. The van der Waals surface area contributed by atoms with E-state index in [2.05, 4.69) is 0 Å². The SMILES string of the molecule is CCOC(=O)[C@H]1CCCC[C@]1(C)O. The Morgan fingerprint density at radius 1 is 1.62 bits per heavy atom. The number of esters is 1. The van der Waals surface area contributed by atoms with E-state index in [0.717, 1.165) is 19.3 Å². The van der Waals surface area contributed by atoms with Crippen molar-refractivity contribution >= 4 is 5.97 Å². The van der Waals surface area contributed by atoms with Crippen molar-refractivity contribution in [1.82, 2.24) is 0 Å². The third-order valence-electron chi connectivity index (χ3n) is 2.75. The summed E-state index contributed by atoms with van der Waals surface area (Å²) in [6.07, 6.45) is 3.48. The van der Waals surface area contributed by atoms with Crippen molar-refractivity contribution in [3.63, 3.8) is 0 Å². The van der Waals surface area contributed by atoms with E-state index in [1.54, 1.807) is 13.8 Å². The van der Waals surface area contributed by atoms with Gasteiger partial charge in [0.1, 0.15) is 0 Å². The van der Waals surface area contributed by atoms with Gasteiger partial charge in [-0.3, -0.25) is 4.79 Å². The van der Waals surface area contributed by atoms with Crippen molar-refractivity contribution in [2.45, 2.75) is 45.1 Å². The number of carbonyl (C=O) groups is 1. The monoisotopic (exact) mass is 186 g/mol. The predicted octanol–water partition coefficient (Wildman–Crippen LogP) is 1.49. The Morgan fingerprint density at radius 2 is 2.31 bits per heavy atom. The summed E-state index contributed by atoms with van der Waals surface area (Å²) in [5.74, 6) is -0.562. The van der Waals surface area contributed by atoms with Crippen LogP contribution < -0.4 is 0 Å². The normalized spacial score (nSPS) is 34.2. The first-order chi connectivity index (χ1) is 6.08. The van der Waals surface area contributed by atoms with Crippen LogP contribution in [0.5, 0.6) is 0 Å². The fourth-order valence-electron chi connectivity index (χ4n) is 1.93. The van der Waals surface area contributed by atoms with E-state index in [1.807, 2.05) is 0 Å². The molecule has 3 heteroatoms. The minimum atomic E-state index is -0.857. The van der Waals surface area contributed by atoms with Crippen LogP contribution in [-0.2, 0) is 9.53 Å². The Balaban J connectivity index is 2.59. The quantitative estimate of drug-likeness (QED) is 0.665. The molecule has 0 aromatic rings. The summed E-state index contributed by atoms with van der Waals surface area (Å²) in [6.45, 7) is 3.91. The number of hydrogen-bond acceptors (Lipinski definition) is 3. The van der Waals surface area contributed by atoms with Crippen molar-refractivity contribution in [3.8, 4) is 0 Å². The number of carbonyl (C=O) groups excluding carboxylic acids is 1. The molecule has 1 rings (SSSR count). The second-order valence-corrected chi connectivity index (χ2v) is 3.91. The van der Waals surface area contributed by atoms with E-state index in [1.165, 1.54) is 0 Å². The lowest BCUT2D eigenvalue weighted by Gasteiger charge is -2.35. The molecule has 0 unspecified atom stereocenters. The molecule has 0 bridgehead atoms. The summed E-state index contributed by atoms with van der Waals surface area (Å²) in [4.78, 5) is 11.4. The molecule has 3 nitrogen and oxygen atoms in total. The van der Waals surface area contributed by atoms with Crippen molar-refractivity contribution in [1.29, 1.82) is 0 Å². The molecule has 1 fully saturated rings. The number of ether oxygens (including phenoxy) is 1. The Bertz CT molecular complexity index is 187. The van der Waals surface area contributed by atoms with E-state index in [9.17, 15) is 9.90 Å². The summed E-state index contributed by atoms with van der Waals surface area (Å²) in [5, 5.41) is 9.93. The zero-order chi connectivity index (χ0) is 9.90. The number of hydrogen-bond donors (Lipinski definition) is 1. The summed E-state index contributed by atoms with van der Waals surface area (Å²) < 4.78 is 4.92. The maximum Gasteiger partial charge on any atom is 0.311 e.